The maximum absolute atomic E-state index is 13.1. The van der Waals surface area contributed by atoms with Gasteiger partial charge in [0.15, 0.2) is 17.3 Å². The number of aromatic amines is 1. The molecule has 0 spiro atoms. The summed E-state index contributed by atoms with van der Waals surface area (Å²) < 4.78 is 24.6. The number of carbonyl (C=O) groups excluding carboxylic acids is 1. The average molecular weight is 422 g/mol. The van der Waals surface area contributed by atoms with E-state index in [0.29, 0.717) is 11.5 Å². The van der Waals surface area contributed by atoms with Crippen LogP contribution in [0.2, 0.25) is 0 Å². The van der Waals surface area contributed by atoms with Gasteiger partial charge in [-0.3, -0.25) is 9.89 Å². The number of benzene rings is 2. The number of fused-ring (bicyclic) bond motifs is 1. The third-order valence-electron chi connectivity index (χ3n) is 5.69. The summed E-state index contributed by atoms with van der Waals surface area (Å²) in [4.78, 5) is 14.8. The fourth-order valence-corrected chi connectivity index (χ4v) is 3.95. The number of carbonyl (C=O) groups is 1. The van der Waals surface area contributed by atoms with E-state index in [4.69, 9.17) is 9.47 Å². The minimum Gasteiger partial charge on any atom is -0.485 e. The zero-order valence-corrected chi connectivity index (χ0v) is 16.9. The molecule has 5 rings (SSSR count). The van der Waals surface area contributed by atoms with E-state index in [9.17, 15) is 9.18 Å². The van der Waals surface area contributed by atoms with E-state index in [1.165, 1.54) is 12.1 Å². The second kappa shape index (κ2) is 8.29. The Morgan fingerprint density at radius 2 is 1.84 bits per heavy atom. The number of amides is 1. The molecule has 0 bridgehead atoms. The molecule has 31 heavy (non-hydrogen) atoms. The third kappa shape index (κ3) is 4.19. The van der Waals surface area contributed by atoms with Crippen molar-refractivity contribution in [2.75, 3.05) is 24.6 Å². The molecule has 2 aromatic carbocycles. The summed E-state index contributed by atoms with van der Waals surface area (Å²) in [5, 5.41) is 10.5. The predicted octanol–water partition coefficient (Wildman–Crippen LogP) is 3.14. The van der Waals surface area contributed by atoms with E-state index in [1.807, 2.05) is 24.3 Å². The lowest BCUT2D eigenvalue weighted by Gasteiger charge is -2.33. The number of nitrogens with one attached hydrogen (secondary N) is 2. The van der Waals surface area contributed by atoms with Gasteiger partial charge in [0.1, 0.15) is 12.4 Å². The Labute approximate surface area is 179 Å². The van der Waals surface area contributed by atoms with Crippen molar-refractivity contribution in [3.05, 3.63) is 60.4 Å². The number of anilines is 1. The predicted molar refractivity (Wildman–Crippen MR) is 114 cm³/mol. The van der Waals surface area contributed by atoms with Crippen molar-refractivity contribution in [1.82, 2.24) is 15.5 Å². The van der Waals surface area contributed by atoms with Crippen LogP contribution in [-0.2, 0) is 4.79 Å². The highest BCUT2D eigenvalue weighted by Gasteiger charge is 2.30. The number of H-pyrrole nitrogens is 1. The number of para-hydroxylation sites is 2. The Morgan fingerprint density at radius 3 is 2.61 bits per heavy atom. The highest BCUT2D eigenvalue weighted by Crippen LogP contribution is 2.31. The van der Waals surface area contributed by atoms with Gasteiger partial charge in [0.05, 0.1) is 5.69 Å². The molecule has 7 nitrogen and oxygen atoms in total. The van der Waals surface area contributed by atoms with Crippen molar-refractivity contribution >= 4 is 11.7 Å². The van der Waals surface area contributed by atoms with Crippen LogP contribution in [0.3, 0.4) is 0 Å². The number of nitrogens with zero attached hydrogens (tertiary/aromatic N) is 2. The topological polar surface area (TPSA) is 79.5 Å². The summed E-state index contributed by atoms with van der Waals surface area (Å²) in [6.07, 6.45) is 0.987. The van der Waals surface area contributed by atoms with E-state index >= 15 is 0 Å². The van der Waals surface area contributed by atoms with Gasteiger partial charge < -0.3 is 19.7 Å². The second-order valence-electron chi connectivity index (χ2n) is 7.78. The molecule has 3 aromatic rings. The van der Waals surface area contributed by atoms with E-state index in [1.54, 1.807) is 18.2 Å². The first-order chi connectivity index (χ1) is 15.2. The van der Waals surface area contributed by atoms with Crippen LogP contribution in [0.1, 0.15) is 12.8 Å². The van der Waals surface area contributed by atoms with Crippen molar-refractivity contribution in [1.29, 1.82) is 0 Å². The van der Waals surface area contributed by atoms with Gasteiger partial charge in [-0.05, 0) is 54.8 Å². The molecule has 2 N–H and O–H groups in total. The van der Waals surface area contributed by atoms with Crippen LogP contribution < -0.4 is 19.7 Å². The minimum atomic E-state index is -0.641. The Balaban J connectivity index is 1.14. The molecule has 1 amide bonds. The van der Waals surface area contributed by atoms with Crippen LogP contribution in [-0.4, -0.2) is 47.9 Å². The number of aromatic nitrogens is 2. The van der Waals surface area contributed by atoms with E-state index in [2.05, 4.69) is 20.4 Å². The summed E-state index contributed by atoms with van der Waals surface area (Å²) in [6.45, 7) is 1.77. The fraction of sp³-hybridized carbons (Fsp3) is 0.304. The molecule has 2 aliphatic heterocycles. The van der Waals surface area contributed by atoms with Gasteiger partial charge in [-0.15, -0.1) is 0 Å². The molecule has 0 radical (unpaired) electrons. The summed E-state index contributed by atoms with van der Waals surface area (Å²) >= 11 is 0. The van der Waals surface area contributed by atoms with Crippen molar-refractivity contribution in [3.63, 3.8) is 0 Å². The summed E-state index contributed by atoms with van der Waals surface area (Å²) in [7, 11) is 0. The molecule has 0 aliphatic carbocycles. The monoisotopic (exact) mass is 422 g/mol. The molecule has 1 atom stereocenters. The lowest BCUT2D eigenvalue weighted by Crippen LogP contribution is -2.51. The number of ether oxygens (including phenoxy) is 2. The highest BCUT2D eigenvalue weighted by atomic mass is 19.1. The lowest BCUT2D eigenvalue weighted by molar-refractivity contribution is -0.131. The fourth-order valence-electron chi connectivity index (χ4n) is 3.95. The molecule has 1 saturated heterocycles. The maximum Gasteiger partial charge on any atom is 0.264 e. The van der Waals surface area contributed by atoms with Gasteiger partial charge in [0.2, 0.25) is 6.10 Å². The van der Waals surface area contributed by atoms with Crippen LogP contribution in [0.25, 0.3) is 11.3 Å². The van der Waals surface area contributed by atoms with E-state index in [-0.39, 0.29) is 24.4 Å². The summed E-state index contributed by atoms with van der Waals surface area (Å²) in [6, 6.07) is 15.7. The maximum atomic E-state index is 13.1. The molecule has 2 aliphatic rings. The van der Waals surface area contributed by atoms with Gasteiger partial charge in [-0.25, -0.2) is 4.39 Å². The Hall–Kier alpha value is -3.55. The van der Waals surface area contributed by atoms with Crippen LogP contribution in [0.5, 0.6) is 11.5 Å². The second-order valence-corrected chi connectivity index (χ2v) is 7.78. The largest absolute Gasteiger partial charge is 0.485 e. The molecule has 0 saturated carbocycles. The lowest BCUT2D eigenvalue weighted by atomic mass is 10.0. The number of rotatable bonds is 4. The molecular formula is C23H23FN4O3. The van der Waals surface area contributed by atoms with Crippen LogP contribution in [0.4, 0.5) is 10.2 Å². The van der Waals surface area contributed by atoms with Crippen LogP contribution in [0.15, 0.2) is 54.6 Å². The Kier molecular flexibility index (Phi) is 5.19. The van der Waals surface area contributed by atoms with Crippen molar-refractivity contribution in [3.8, 4) is 22.8 Å². The molecule has 1 fully saturated rings. The smallest absolute Gasteiger partial charge is 0.264 e. The summed E-state index contributed by atoms with van der Waals surface area (Å²) in [5.41, 5.74) is 1.73. The normalized spacial score (nSPS) is 18.6. The molecule has 0 unspecified atom stereocenters. The first-order valence-electron chi connectivity index (χ1n) is 10.4. The number of hydrogen-bond acceptors (Lipinski definition) is 5. The van der Waals surface area contributed by atoms with Crippen molar-refractivity contribution in [2.24, 2.45) is 0 Å². The van der Waals surface area contributed by atoms with Crippen molar-refractivity contribution < 1.29 is 18.7 Å². The van der Waals surface area contributed by atoms with Gasteiger partial charge in [0.25, 0.3) is 5.91 Å². The molecular weight excluding hydrogens is 399 g/mol. The van der Waals surface area contributed by atoms with Crippen LogP contribution in [0, 0.1) is 5.82 Å². The zero-order chi connectivity index (χ0) is 21.2. The van der Waals surface area contributed by atoms with Gasteiger partial charge in [0, 0.05) is 25.2 Å². The highest BCUT2D eigenvalue weighted by molar-refractivity contribution is 5.82. The van der Waals surface area contributed by atoms with Gasteiger partial charge >= 0.3 is 0 Å². The SMILES string of the molecule is O=C(NC1CCN(c2cc(-c3ccc(F)cc3)[nH]n2)CC1)[C@H]1COc2ccccc2O1. The Bertz CT molecular complexity index is 1060. The minimum absolute atomic E-state index is 0.0834. The first kappa shape index (κ1) is 19.4. The standard InChI is InChI=1S/C23H23FN4O3/c24-16-7-5-15(6-8-16)18-13-22(27-26-18)28-11-9-17(10-12-28)25-23(29)21-14-30-19-3-1-2-4-20(19)31-21/h1-8,13,17,21H,9-12,14H2,(H,25,29)(H,26,27)/t21-/m1/s1. The van der Waals surface area contributed by atoms with E-state index < -0.39 is 6.10 Å². The number of piperidine rings is 1. The molecule has 160 valence electrons. The quantitative estimate of drug-likeness (QED) is 0.675. The zero-order valence-electron chi connectivity index (χ0n) is 16.9. The first-order valence-corrected chi connectivity index (χ1v) is 10.4. The molecule has 8 heteroatoms. The summed E-state index contributed by atoms with van der Waals surface area (Å²) in [5.74, 6) is 1.70. The Morgan fingerprint density at radius 1 is 1.10 bits per heavy atom. The van der Waals surface area contributed by atoms with Crippen molar-refractivity contribution in [2.45, 2.75) is 25.0 Å². The molecule has 3 heterocycles. The van der Waals surface area contributed by atoms with Crippen LogP contribution >= 0.6 is 0 Å². The van der Waals surface area contributed by atoms with Gasteiger partial charge in [-0.1, -0.05) is 12.1 Å². The van der Waals surface area contributed by atoms with E-state index in [0.717, 1.165) is 43.0 Å². The number of hydrogen-bond donors (Lipinski definition) is 2. The van der Waals surface area contributed by atoms with Gasteiger partial charge in [-0.2, -0.15) is 5.10 Å². The number of halogens is 1. The average Bonchev–Trinajstić information content (AvgIpc) is 3.30. The third-order valence-corrected chi connectivity index (χ3v) is 5.69. The molecule has 1 aromatic heterocycles.